The van der Waals surface area contributed by atoms with Crippen LogP contribution >= 0.6 is 0 Å². The maximum absolute atomic E-state index is 11.5. The van der Waals surface area contributed by atoms with Crippen LogP contribution in [0.5, 0.6) is 5.88 Å². The average molecular weight is 250 g/mol. The minimum absolute atomic E-state index is 0.130. The van der Waals surface area contributed by atoms with Crippen molar-refractivity contribution in [3.8, 4) is 5.88 Å². The molecule has 0 unspecified atom stereocenters. The number of piperidine rings is 1. The number of ether oxygens (including phenoxy) is 2. The summed E-state index contributed by atoms with van der Waals surface area (Å²) < 4.78 is 10.7. The van der Waals surface area contributed by atoms with E-state index in [1.807, 2.05) is 25.1 Å². The number of aromatic nitrogens is 1. The minimum Gasteiger partial charge on any atom is -0.474 e. The lowest BCUT2D eigenvalue weighted by molar-refractivity contribution is 0.0688. The van der Waals surface area contributed by atoms with Crippen LogP contribution in [0.25, 0.3) is 0 Å². The van der Waals surface area contributed by atoms with E-state index in [1.54, 1.807) is 11.1 Å². The third-order valence-electron chi connectivity index (χ3n) is 2.89. The molecule has 5 heteroatoms. The zero-order valence-electron chi connectivity index (χ0n) is 10.5. The van der Waals surface area contributed by atoms with Gasteiger partial charge in [-0.1, -0.05) is 6.07 Å². The summed E-state index contributed by atoms with van der Waals surface area (Å²) in [5.41, 5.74) is 0. The molecular formula is C13H18N2O3. The van der Waals surface area contributed by atoms with E-state index in [0.717, 1.165) is 12.8 Å². The zero-order chi connectivity index (χ0) is 12.8. The van der Waals surface area contributed by atoms with Crippen molar-refractivity contribution in [3.05, 3.63) is 24.4 Å². The van der Waals surface area contributed by atoms with Crippen LogP contribution in [0, 0.1) is 0 Å². The second-order valence-corrected chi connectivity index (χ2v) is 4.17. The lowest BCUT2D eigenvalue weighted by Gasteiger charge is -2.31. The average Bonchev–Trinajstić information content (AvgIpc) is 2.41. The molecule has 1 amide bonds. The Morgan fingerprint density at radius 3 is 2.83 bits per heavy atom. The summed E-state index contributed by atoms with van der Waals surface area (Å²) in [4.78, 5) is 17.4. The molecule has 0 saturated carbocycles. The molecule has 0 N–H and O–H groups in total. The molecule has 0 bridgehead atoms. The Kier molecular flexibility index (Phi) is 4.39. The van der Waals surface area contributed by atoms with Gasteiger partial charge in [-0.3, -0.25) is 0 Å². The molecule has 1 saturated heterocycles. The number of hydrogen-bond acceptors (Lipinski definition) is 4. The molecule has 0 atom stereocenters. The van der Waals surface area contributed by atoms with E-state index in [4.69, 9.17) is 9.47 Å². The SMILES string of the molecule is CCOC(=O)N1CCC(Oc2ccccn2)CC1. The van der Waals surface area contributed by atoms with Crippen molar-refractivity contribution in [3.63, 3.8) is 0 Å². The number of likely N-dealkylation sites (tertiary alicyclic amines) is 1. The molecule has 1 aliphatic heterocycles. The van der Waals surface area contributed by atoms with Crippen molar-refractivity contribution in [1.29, 1.82) is 0 Å². The Balaban J connectivity index is 1.78. The Hall–Kier alpha value is -1.78. The van der Waals surface area contributed by atoms with Crippen molar-refractivity contribution in [2.24, 2.45) is 0 Å². The van der Waals surface area contributed by atoms with Crippen LogP contribution < -0.4 is 4.74 Å². The number of carbonyl (C=O) groups excluding carboxylic acids is 1. The quantitative estimate of drug-likeness (QED) is 0.824. The molecule has 5 nitrogen and oxygen atoms in total. The maximum Gasteiger partial charge on any atom is 0.409 e. The first kappa shape index (κ1) is 12.7. The van der Waals surface area contributed by atoms with Crippen molar-refractivity contribution < 1.29 is 14.3 Å². The molecule has 0 aliphatic carbocycles. The van der Waals surface area contributed by atoms with Crippen LogP contribution in [0.3, 0.4) is 0 Å². The van der Waals surface area contributed by atoms with Gasteiger partial charge in [0.2, 0.25) is 5.88 Å². The van der Waals surface area contributed by atoms with Gasteiger partial charge >= 0.3 is 6.09 Å². The highest BCUT2D eigenvalue weighted by atomic mass is 16.6. The van der Waals surface area contributed by atoms with Crippen molar-refractivity contribution in [2.75, 3.05) is 19.7 Å². The Morgan fingerprint density at radius 2 is 2.22 bits per heavy atom. The number of nitrogens with zero attached hydrogens (tertiary/aromatic N) is 2. The van der Waals surface area contributed by atoms with E-state index in [1.165, 1.54) is 0 Å². The molecule has 2 rings (SSSR count). The van der Waals surface area contributed by atoms with Gasteiger partial charge in [0.25, 0.3) is 0 Å². The number of pyridine rings is 1. The van der Waals surface area contributed by atoms with Gasteiger partial charge in [0.05, 0.1) is 6.61 Å². The van der Waals surface area contributed by atoms with Gasteiger partial charge in [-0.05, 0) is 13.0 Å². The third-order valence-corrected chi connectivity index (χ3v) is 2.89. The summed E-state index contributed by atoms with van der Waals surface area (Å²) >= 11 is 0. The monoisotopic (exact) mass is 250 g/mol. The number of hydrogen-bond donors (Lipinski definition) is 0. The summed E-state index contributed by atoms with van der Waals surface area (Å²) in [6.45, 7) is 3.59. The van der Waals surface area contributed by atoms with Crippen LogP contribution in [0.2, 0.25) is 0 Å². The van der Waals surface area contributed by atoms with Gasteiger partial charge in [-0.2, -0.15) is 0 Å². The summed E-state index contributed by atoms with van der Waals surface area (Å²) in [5.74, 6) is 0.645. The largest absolute Gasteiger partial charge is 0.474 e. The molecule has 1 aliphatic rings. The molecule has 2 heterocycles. The van der Waals surface area contributed by atoms with Gasteiger partial charge < -0.3 is 14.4 Å². The molecule has 1 fully saturated rings. The molecule has 1 aromatic heterocycles. The predicted octanol–water partition coefficient (Wildman–Crippen LogP) is 2.08. The molecule has 0 aromatic carbocycles. The second-order valence-electron chi connectivity index (χ2n) is 4.17. The van der Waals surface area contributed by atoms with Crippen molar-refractivity contribution in [1.82, 2.24) is 9.88 Å². The van der Waals surface area contributed by atoms with E-state index < -0.39 is 0 Å². The Bertz CT molecular complexity index is 375. The van der Waals surface area contributed by atoms with Crippen LogP contribution in [-0.2, 0) is 4.74 Å². The van der Waals surface area contributed by atoms with E-state index >= 15 is 0 Å². The molecule has 0 spiro atoms. The lowest BCUT2D eigenvalue weighted by Crippen LogP contribution is -2.42. The van der Waals surface area contributed by atoms with Gasteiger partial charge in [-0.25, -0.2) is 9.78 Å². The fourth-order valence-corrected chi connectivity index (χ4v) is 1.96. The highest BCUT2D eigenvalue weighted by Crippen LogP contribution is 2.17. The summed E-state index contributed by atoms with van der Waals surface area (Å²) in [7, 11) is 0. The van der Waals surface area contributed by atoms with Crippen molar-refractivity contribution in [2.45, 2.75) is 25.9 Å². The summed E-state index contributed by atoms with van der Waals surface area (Å²) in [6, 6.07) is 5.60. The van der Waals surface area contributed by atoms with Gasteiger partial charge in [0, 0.05) is 38.2 Å². The third kappa shape index (κ3) is 3.35. The van der Waals surface area contributed by atoms with E-state index in [0.29, 0.717) is 25.6 Å². The fourth-order valence-electron chi connectivity index (χ4n) is 1.96. The summed E-state index contributed by atoms with van der Waals surface area (Å²) in [6.07, 6.45) is 3.24. The van der Waals surface area contributed by atoms with Crippen LogP contribution in [0.15, 0.2) is 24.4 Å². The first-order valence-electron chi connectivity index (χ1n) is 6.29. The fraction of sp³-hybridized carbons (Fsp3) is 0.538. The smallest absolute Gasteiger partial charge is 0.409 e. The normalized spacial score (nSPS) is 16.4. The molecule has 98 valence electrons. The molecular weight excluding hydrogens is 232 g/mol. The second kappa shape index (κ2) is 6.23. The summed E-state index contributed by atoms with van der Waals surface area (Å²) in [5, 5.41) is 0. The predicted molar refractivity (Wildman–Crippen MR) is 66.5 cm³/mol. The first-order valence-corrected chi connectivity index (χ1v) is 6.29. The van der Waals surface area contributed by atoms with Gasteiger partial charge in [-0.15, -0.1) is 0 Å². The standard InChI is InChI=1S/C13H18N2O3/c1-2-17-13(16)15-9-6-11(7-10-15)18-12-5-3-4-8-14-12/h3-5,8,11H,2,6-7,9-10H2,1H3. The Morgan fingerprint density at radius 1 is 1.44 bits per heavy atom. The van der Waals surface area contributed by atoms with Crippen LogP contribution in [-0.4, -0.2) is 41.8 Å². The maximum atomic E-state index is 11.5. The van der Waals surface area contributed by atoms with Gasteiger partial charge in [0.1, 0.15) is 6.10 Å². The molecule has 18 heavy (non-hydrogen) atoms. The molecule has 1 aromatic rings. The van der Waals surface area contributed by atoms with E-state index in [9.17, 15) is 4.79 Å². The minimum atomic E-state index is -0.228. The van der Waals surface area contributed by atoms with Crippen molar-refractivity contribution >= 4 is 6.09 Å². The number of amides is 1. The lowest BCUT2D eigenvalue weighted by atomic mass is 10.1. The van der Waals surface area contributed by atoms with E-state index in [2.05, 4.69) is 4.98 Å². The highest BCUT2D eigenvalue weighted by molar-refractivity contribution is 5.67. The number of carbonyl (C=O) groups is 1. The Labute approximate surface area is 107 Å². The topological polar surface area (TPSA) is 51.7 Å². The molecule has 0 radical (unpaired) electrons. The van der Waals surface area contributed by atoms with Crippen LogP contribution in [0.4, 0.5) is 4.79 Å². The van der Waals surface area contributed by atoms with Crippen LogP contribution in [0.1, 0.15) is 19.8 Å². The first-order chi connectivity index (χ1) is 8.79. The van der Waals surface area contributed by atoms with E-state index in [-0.39, 0.29) is 12.2 Å². The zero-order valence-corrected chi connectivity index (χ0v) is 10.5. The highest BCUT2D eigenvalue weighted by Gasteiger charge is 2.24. The van der Waals surface area contributed by atoms with Gasteiger partial charge in [0.15, 0.2) is 0 Å². The number of rotatable bonds is 3.